The van der Waals surface area contributed by atoms with E-state index in [1.807, 2.05) is 80.6 Å². The van der Waals surface area contributed by atoms with E-state index >= 15 is 0 Å². The minimum atomic E-state index is -0.856. The molecule has 2 amide bonds. The number of carbonyl (C=O) groups is 2. The van der Waals surface area contributed by atoms with Gasteiger partial charge in [0.1, 0.15) is 6.61 Å². The Hall–Kier alpha value is -3.96. The number of nitrogens with two attached hydrogens (primary N) is 1. The van der Waals surface area contributed by atoms with Gasteiger partial charge in [-0.2, -0.15) is 0 Å². The highest BCUT2D eigenvalue weighted by molar-refractivity contribution is 5.96. The molecular formula is C32H32N2O3. The Morgan fingerprint density at radius 3 is 2.11 bits per heavy atom. The van der Waals surface area contributed by atoms with Gasteiger partial charge < -0.3 is 10.5 Å². The number of fused-ring (bicyclic) bond motifs is 4. The average molecular weight is 493 g/mol. The summed E-state index contributed by atoms with van der Waals surface area (Å²) in [4.78, 5) is 27.9. The first kappa shape index (κ1) is 24.7. The molecule has 0 saturated heterocycles. The first-order valence-corrected chi connectivity index (χ1v) is 12.8. The van der Waals surface area contributed by atoms with Crippen molar-refractivity contribution in [1.82, 2.24) is 4.90 Å². The van der Waals surface area contributed by atoms with Crippen molar-refractivity contribution < 1.29 is 14.3 Å². The zero-order chi connectivity index (χ0) is 25.9. The van der Waals surface area contributed by atoms with Crippen LogP contribution in [0.5, 0.6) is 0 Å². The third-order valence-electron chi connectivity index (χ3n) is 7.01. The smallest absolute Gasteiger partial charge is 0.416 e. The third-order valence-corrected chi connectivity index (χ3v) is 7.01. The molecule has 5 heteroatoms. The number of hydrogen-bond donors (Lipinski definition) is 1. The fourth-order valence-electron chi connectivity index (χ4n) is 5.29. The van der Waals surface area contributed by atoms with Crippen molar-refractivity contribution in [2.45, 2.75) is 32.2 Å². The maximum Gasteiger partial charge on any atom is 0.416 e. The first-order valence-electron chi connectivity index (χ1n) is 12.8. The van der Waals surface area contributed by atoms with Gasteiger partial charge in [-0.05, 0) is 50.9 Å². The highest BCUT2D eigenvalue weighted by Gasteiger charge is 2.32. The van der Waals surface area contributed by atoms with E-state index in [9.17, 15) is 9.59 Å². The van der Waals surface area contributed by atoms with E-state index in [1.54, 1.807) is 0 Å². The van der Waals surface area contributed by atoms with Gasteiger partial charge in [0.05, 0.1) is 6.04 Å². The largest absolute Gasteiger partial charge is 0.448 e. The number of benzene rings is 4. The number of rotatable bonds is 7. The van der Waals surface area contributed by atoms with Crippen molar-refractivity contribution in [1.29, 1.82) is 0 Å². The second kappa shape index (κ2) is 10.6. The monoisotopic (exact) mass is 492 g/mol. The molecule has 5 nitrogen and oxygen atoms in total. The molecule has 0 spiro atoms. The molecule has 4 aromatic rings. The summed E-state index contributed by atoms with van der Waals surface area (Å²) in [5, 5.41) is 2.15. The summed E-state index contributed by atoms with van der Waals surface area (Å²) in [6.45, 7) is 4.34. The van der Waals surface area contributed by atoms with Crippen molar-refractivity contribution in [3.63, 3.8) is 0 Å². The van der Waals surface area contributed by atoms with Crippen LogP contribution in [0.2, 0.25) is 0 Å². The Balaban J connectivity index is 1.32. The molecule has 0 saturated carbocycles. The highest BCUT2D eigenvalue weighted by Crippen LogP contribution is 2.44. The van der Waals surface area contributed by atoms with Gasteiger partial charge in [0.15, 0.2) is 0 Å². The molecule has 0 heterocycles. The number of nitrogens with zero attached hydrogens (tertiary/aromatic N) is 1. The normalized spacial score (nSPS) is 13.3. The highest BCUT2D eigenvalue weighted by atomic mass is 16.6. The van der Waals surface area contributed by atoms with E-state index in [4.69, 9.17) is 10.5 Å². The number of imide groups is 1. The third kappa shape index (κ3) is 5.00. The van der Waals surface area contributed by atoms with Crippen LogP contribution in [0.4, 0.5) is 4.79 Å². The predicted molar refractivity (Wildman–Crippen MR) is 147 cm³/mol. The maximum absolute atomic E-state index is 13.5. The molecule has 0 fully saturated rings. The fraction of sp³-hybridized carbons (Fsp3) is 0.250. The molecule has 5 rings (SSSR count). The number of amides is 2. The maximum atomic E-state index is 13.5. The lowest BCUT2D eigenvalue weighted by Gasteiger charge is -2.26. The van der Waals surface area contributed by atoms with Crippen LogP contribution in [0.15, 0.2) is 91.0 Å². The van der Waals surface area contributed by atoms with Crippen LogP contribution < -0.4 is 5.73 Å². The van der Waals surface area contributed by atoms with Crippen LogP contribution in [0.1, 0.15) is 36.5 Å². The summed E-state index contributed by atoms with van der Waals surface area (Å²) >= 11 is 0. The Bertz CT molecular complexity index is 1390. The summed E-state index contributed by atoms with van der Waals surface area (Å²) in [5.41, 5.74) is 12.0. The molecule has 1 aliphatic rings. The molecule has 1 atom stereocenters. The van der Waals surface area contributed by atoms with Gasteiger partial charge in [0.25, 0.3) is 0 Å². The molecule has 188 valence electrons. The second-order valence-corrected chi connectivity index (χ2v) is 10.1. The number of carbonyl (C=O) groups excluding carboxylic acids is 2. The summed E-state index contributed by atoms with van der Waals surface area (Å²) in [5.74, 6) is -0.412. The zero-order valence-electron chi connectivity index (χ0n) is 21.3. The summed E-state index contributed by atoms with van der Waals surface area (Å²) in [6, 6.07) is 29.5. The van der Waals surface area contributed by atoms with Gasteiger partial charge in [-0.25, -0.2) is 9.69 Å². The average Bonchev–Trinajstić information content (AvgIpc) is 3.23. The fourth-order valence-corrected chi connectivity index (χ4v) is 5.29. The molecule has 0 bridgehead atoms. The minimum Gasteiger partial charge on any atom is -0.448 e. The van der Waals surface area contributed by atoms with Crippen molar-refractivity contribution in [3.8, 4) is 11.1 Å². The van der Waals surface area contributed by atoms with Crippen molar-refractivity contribution in [2.24, 2.45) is 11.7 Å². The van der Waals surface area contributed by atoms with Crippen molar-refractivity contribution in [3.05, 3.63) is 108 Å². The minimum absolute atomic E-state index is 0.0725. The molecule has 4 aromatic carbocycles. The van der Waals surface area contributed by atoms with Gasteiger partial charge in [-0.3, -0.25) is 4.79 Å². The van der Waals surface area contributed by atoms with E-state index < -0.39 is 18.0 Å². The zero-order valence-corrected chi connectivity index (χ0v) is 21.3. The molecule has 0 radical (unpaired) electrons. The summed E-state index contributed by atoms with van der Waals surface area (Å²) in [6.07, 6.45) is -0.306. The second-order valence-electron chi connectivity index (χ2n) is 10.1. The van der Waals surface area contributed by atoms with Crippen LogP contribution in [-0.4, -0.2) is 36.1 Å². The molecule has 1 aliphatic carbocycles. The van der Waals surface area contributed by atoms with E-state index in [2.05, 4.69) is 24.3 Å². The van der Waals surface area contributed by atoms with Gasteiger partial charge in [0, 0.05) is 12.5 Å². The van der Waals surface area contributed by atoms with Gasteiger partial charge in [-0.15, -0.1) is 0 Å². The van der Waals surface area contributed by atoms with Crippen LogP contribution >= 0.6 is 0 Å². The molecular weight excluding hydrogens is 460 g/mol. The quantitative estimate of drug-likeness (QED) is 0.336. The topological polar surface area (TPSA) is 72.6 Å². The lowest BCUT2D eigenvalue weighted by molar-refractivity contribution is -0.131. The van der Waals surface area contributed by atoms with Crippen molar-refractivity contribution in [2.75, 3.05) is 13.2 Å². The molecule has 0 aliphatic heterocycles. The van der Waals surface area contributed by atoms with E-state index in [0.717, 1.165) is 38.6 Å². The van der Waals surface area contributed by atoms with Gasteiger partial charge in [-0.1, -0.05) is 105 Å². The van der Waals surface area contributed by atoms with Crippen LogP contribution in [0.25, 0.3) is 21.9 Å². The van der Waals surface area contributed by atoms with E-state index in [0.29, 0.717) is 6.42 Å². The Morgan fingerprint density at radius 2 is 1.43 bits per heavy atom. The SMILES string of the molecule is CC(C)CN(C(=O)OCC1c2ccccc2-c2ccccc21)C(=O)[C@H](N)Cc1cccc2ccccc12. The predicted octanol–water partition coefficient (Wildman–Crippen LogP) is 6.14. The summed E-state index contributed by atoms with van der Waals surface area (Å²) in [7, 11) is 0. The lowest BCUT2D eigenvalue weighted by atomic mass is 9.98. The molecule has 37 heavy (non-hydrogen) atoms. The van der Waals surface area contributed by atoms with Crippen LogP contribution in [-0.2, 0) is 16.0 Å². The van der Waals surface area contributed by atoms with Gasteiger partial charge in [0.2, 0.25) is 5.91 Å². The van der Waals surface area contributed by atoms with E-state index in [1.165, 1.54) is 4.90 Å². The molecule has 2 N–H and O–H groups in total. The Labute approximate surface area is 217 Å². The van der Waals surface area contributed by atoms with Crippen LogP contribution in [0, 0.1) is 5.92 Å². The lowest BCUT2D eigenvalue weighted by Crippen LogP contribution is -2.49. The standard InChI is InChI=1S/C32H32N2O3/c1-21(2)19-34(31(35)30(33)18-23-12-9-11-22-10-3-4-13-24(22)23)32(36)37-20-29-27-16-7-5-14-25(27)26-15-6-8-17-28(26)29/h3-17,21,29-30H,18-20,33H2,1-2H3/t30-/m1/s1. The Morgan fingerprint density at radius 1 is 0.838 bits per heavy atom. The van der Waals surface area contributed by atoms with Crippen LogP contribution in [0.3, 0.4) is 0 Å². The van der Waals surface area contributed by atoms with E-state index in [-0.39, 0.29) is 25.0 Å². The number of hydrogen-bond acceptors (Lipinski definition) is 4. The number of ether oxygens (including phenoxy) is 1. The Kier molecular flexibility index (Phi) is 7.06. The van der Waals surface area contributed by atoms with Gasteiger partial charge >= 0.3 is 6.09 Å². The first-order chi connectivity index (χ1) is 17.9. The summed E-state index contributed by atoms with van der Waals surface area (Å²) < 4.78 is 5.81. The van der Waals surface area contributed by atoms with Crippen molar-refractivity contribution >= 4 is 22.8 Å². The molecule has 0 unspecified atom stereocenters. The molecule has 0 aromatic heterocycles.